The lowest BCUT2D eigenvalue weighted by atomic mass is 9.81. The largest absolute Gasteiger partial charge is 0.489 e. The molecule has 43 heavy (non-hydrogen) atoms. The molecule has 0 spiro atoms. The molecule has 1 aliphatic carbocycles. The molecule has 2 atom stereocenters. The normalized spacial score (nSPS) is 21.1. The van der Waals surface area contributed by atoms with Gasteiger partial charge in [-0.15, -0.1) is 0 Å². The highest BCUT2D eigenvalue weighted by atomic mass is 19.1. The quantitative estimate of drug-likeness (QED) is 0.304. The van der Waals surface area contributed by atoms with Crippen LogP contribution in [0.15, 0.2) is 48.5 Å². The van der Waals surface area contributed by atoms with Gasteiger partial charge in [-0.05, 0) is 101 Å². The van der Waals surface area contributed by atoms with E-state index in [0.717, 1.165) is 50.2 Å². The fourth-order valence-electron chi connectivity index (χ4n) is 5.83. The lowest BCUT2D eigenvalue weighted by Crippen LogP contribution is -2.40. The SMILES string of the molecule is C[C@](O)(CCC(=O)c1ccc(OC2CC2)c(N2CCCCC2)c1)c1cc2c(c(-c3ccc(F)cc3)n1)OC[C@]2(C)C(N)=O. The number of carbonyl (C=O) groups is 2. The smallest absolute Gasteiger partial charge is 0.231 e. The molecule has 1 amide bonds. The van der Waals surface area contributed by atoms with Gasteiger partial charge in [0.05, 0.1) is 17.5 Å². The summed E-state index contributed by atoms with van der Waals surface area (Å²) < 4.78 is 25.8. The summed E-state index contributed by atoms with van der Waals surface area (Å²) >= 11 is 0. The van der Waals surface area contributed by atoms with Crippen LogP contribution in [-0.2, 0) is 15.8 Å². The molecule has 2 aromatic carbocycles. The van der Waals surface area contributed by atoms with E-state index in [0.29, 0.717) is 28.1 Å². The Morgan fingerprint density at radius 1 is 1.14 bits per heavy atom. The van der Waals surface area contributed by atoms with Gasteiger partial charge in [0, 0.05) is 36.2 Å². The number of Topliss-reactive ketones (excluding diaryl/α,β-unsaturated/α-hetero) is 1. The molecule has 1 saturated heterocycles. The maximum Gasteiger partial charge on any atom is 0.231 e. The number of primary amides is 1. The lowest BCUT2D eigenvalue weighted by Gasteiger charge is -2.30. The molecule has 3 aromatic rings. The Morgan fingerprint density at radius 3 is 2.53 bits per heavy atom. The number of hydrogen-bond donors (Lipinski definition) is 2. The second kappa shape index (κ2) is 11.3. The summed E-state index contributed by atoms with van der Waals surface area (Å²) in [5, 5.41) is 11.7. The van der Waals surface area contributed by atoms with Crippen molar-refractivity contribution < 1.29 is 28.6 Å². The zero-order valence-electron chi connectivity index (χ0n) is 24.7. The van der Waals surface area contributed by atoms with Gasteiger partial charge in [0.2, 0.25) is 5.91 Å². The minimum atomic E-state index is -1.52. The van der Waals surface area contributed by atoms with Crippen LogP contribution in [0.1, 0.15) is 80.4 Å². The summed E-state index contributed by atoms with van der Waals surface area (Å²) in [7, 11) is 0. The number of fused-ring (bicyclic) bond motifs is 1. The second-order valence-corrected chi connectivity index (χ2v) is 12.5. The molecule has 3 heterocycles. The van der Waals surface area contributed by atoms with Crippen LogP contribution in [0.25, 0.3) is 11.3 Å². The summed E-state index contributed by atoms with van der Waals surface area (Å²) in [5.74, 6) is 0.134. The number of benzene rings is 2. The molecule has 1 aromatic heterocycles. The van der Waals surface area contributed by atoms with Crippen LogP contribution >= 0.6 is 0 Å². The Balaban J connectivity index is 1.28. The number of rotatable bonds is 10. The van der Waals surface area contributed by atoms with Crippen molar-refractivity contribution in [1.29, 1.82) is 0 Å². The molecule has 0 radical (unpaired) electrons. The fraction of sp³-hybridized carbons (Fsp3) is 0.441. The number of ketones is 1. The number of pyridine rings is 1. The number of nitrogens with zero attached hydrogens (tertiary/aromatic N) is 2. The van der Waals surface area contributed by atoms with Gasteiger partial charge >= 0.3 is 0 Å². The number of amides is 1. The van der Waals surface area contributed by atoms with Gasteiger partial charge in [-0.3, -0.25) is 9.59 Å². The first-order valence-corrected chi connectivity index (χ1v) is 15.1. The third-order valence-corrected chi connectivity index (χ3v) is 8.92. The Labute approximate surface area is 251 Å². The number of carbonyl (C=O) groups excluding carboxylic acids is 2. The molecule has 9 heteroatoms. The molecule has 6 rings (SSSR count). The number of aliphatic hydroxyl groups is 1. The van der Waals surface area contributed by atoms with Gasteiger partial charge < -0.3 is 25.2 Å². The van der Waals surface area contributed by atoms with Crippen LogP contribution in [0.4, 0.5) is 10.1 Å². The summed E-state index contributed by atoms with van der Waals surface area (Å²) in [5.41, 5.74) is 6.38. The minimum absolute atomic E-state index is 0.0252. The second-order valence-electron chi connectivity index (χ2n) is 12.5. The van der Waals surface area contributed by atoms with Crippen molar-refractivity contribution in [3.05, 3.63) is 71.2 Å². The maximum atomic E-state index is 13.7. The molecular formula is C34H38FN3O5. The predicted molar refractivity (Wildman–Crippen MR) is 161 cm³/mol. The zero-order chi connectivity index (χ0) is 30.4. The standard InChI is InChI=1S/C34H38FN3O5/c1-33(32(36)40)20-42-31-25(33)19-29(37-30(31)21-6-9-23(35)10-7-21)34(2,41)15-14-27(39)22-8-13-28(43-24-11-12-24)26(18-22)38-16-4-3-5-17-38/h6-10,13,18-19,24,41H,3-5,11-12,14-17,20H2,1-2H3,(H2,36,40)/t33-,34-/m0/s1. The number of nitrogens with two attached hydrogens (primary N) is 1. The van der Waals surface area contributed by atoms with Crippen LogP contribution in [0.3, 0.4) is 0 Å². The van der Waals surface area contributed by atoms with Crippen molar-refractivity contribution in [3.63, 3.8) is 0 Å². The third-order valence-electron chi connectivity index (χ3n) is 8.92. The number of hydrogen-bond acceptors (Lipinski definition) is 7. The number of aromatic nitrogens is 1. The predicted octanol–water partition coefficient (Wildman–Crippen LogP) is 5.43. The van der Waals surface area contributed by atoms with Crippen LogP contribution in [-0.4, -0.2) is 47.6 Å². The monoisotopic (exact) mass is 587 g/mol. The Bertz CT molecular complexity index is 1550. The molecule has 3 N–H and O–H groups in total. The van der Waals surface area contributed by atoms with E-state index in [-0.39, 0.29) is 37.0 Å². The van der Waals surface area contributed by atoms with Crippen LogP contribution in [0.2, 0.25) is 0 Å². The number of halogens is 1. The van der Waals surface area contributed by atoms with E-state index in [9.17, 15) is 19.1 Å². The van der Waals surface area contributed by atoms with Gasteiger partial charge in [0.1, 0.15) is 40.6 Å². The van der Waals surface area contributed by atoms with E-state index < -0.39 is 22.7 Å². The summed E-state index contributed by atoms with van der Waals surface area (Å²) in [4.78, 5) is 33.0. The van der Waals surface area contributed by atoms with Gasteiger partial charge in [-0.25, -0.2) is 9.37 Å². The molecule has 1 saturated carbocycles. The van der Waals surface area contributed by atoms with Crippen molar-refractivity contribution in [2.75, 3.05) is 24.6 Å². The molecule has 8 nitrogen and oxygen atoms in total. The Hall–Kier alpha value is -3.98. The number of anilines is 1. The van der Waals surface area contributed by atoms with E-state index in [1.165, 1.54) is 18.6 Å². The molecular weight excluding hydrogens is 549 g/mol. The summed E-state index contributed by atoms with van der Waals surface area (Å²) in [6.45, 7) is 5.18. The molecule has 226 valence electrons. The van der Waals surface area contributed by atoms with Crippen molar-refractivity contribution in [3.8, 4) is 22.8 Å². The highest BCUT2D eigenvalue weighted by molar-refractivity contribution is 5.97. The highest BCUT2D eigenvalue weighted by Crippen LogP contribution is 2.46. The first kappa shape index (κ1) is 29.1. The van der Waals surface area contributed by atoms with Crippen LogP contribution in [0.5, 0.6) is 11.5 Å². The molecule has 3 aliphatic rings. The van der Waals surface area contributed by atoms with Crippen molar-refractivity contribution >= 4 is 17.4 Å². The van der Waals surface area contributed by atoms with Crippen molar-refractivity contribution in [2.45, 2.75) is 75.9 Å². The third kappa shape index (κ3) is 5.83. The molecule has 2 aliphatic heterocycles. The Kier molecular flexibility index (Phi) is 7.62. The van der Waals surface area contributed by atoms with Gasteiger partial charge in [-0.1, -0.05) is 0 Å². The van der Waals surface area contributed by atoms with Crippen molar-refractivity contribution in [1.82, 2.24) is 4.98 Å². The number of piperidine rings is 1. The molecule has 2 fully saturated rings. The van der Waals surface area contributed by atoms with Gasteiger partial charge in [-0.2, -0.15) is 0 Å². The van der Waals surface area contributed by atoms with Crippen molar-refractivity contribution in [2.24, 2.45) is 5.73 Å². The lowest BCUT2D eigenvalue weighted by molar-refractivity contribution is -0.123. The van der Waals surface area contributed by atoms with Gasteiger partial charge in [0.25, 0.3) is 0 Å². The first-order chi connectivity index (χ1) is 20.5. The Morgan fingerprint density at radius 2 is 1.86 bits per heavy atom. The van der Waals surface area contributed by atoms with Crippen LogP contribution < -0.4 is 20.1 Å². The zero-order valence-corrected chi connectivity index (χ0v) is 24.7. The fourth-order valence-corrected chi connectivity index (χ4v) is 5.83. The van der Waals surface area contributed by atoms with E-state index in [4.69, 9.17) is 20.2 Å². The highest BCUT2D eigenvalue weighted by Gasteiger charge is 2.45. The minimum Gasteiger partial charge on any atom is -0.489 e. The van der Waals surface area contributed by atoms with Gasteiger partial charge in [0.15, 0.2) is 5.78 Å². The molecule has 0 bridgehead atoms. The summed E-state index contributed by atoms with van der Waals surface area (Å²) in [6.07, 6.45) is 5.94. The first-order valence-electron chi connectivity index (χ1n) is 15.1. The van der Waals surface area contributed by atoms with E-state index in [1.54, 1.807) is 38.1 Å². The average Bonchev–Trinajstić information content (AvgIpc) is 3.76. The summed E-state index contributed by atoms with van der Waals surface area (Å²) in [6, 6.07) is 13.0. The van der Waals surface area contributed by atoms with E-state index >= 15 is 0 Å². The maximum absolute atomic E-state index is 13.7. The average molecular weight is 588 g/mol. The topological polar surface area (TPSA) is 115 Å². The van der Waals surface area contributed by atoms with Crippen LogP contribution in [0, 0.1) is 5.82 Å². The molecule has 0 unspecified atom stereocenters. The number of ether oxygens (including phenoxy) is 2. The van der Waals surface area contributed by atoms with E-state index in [1.807, 2.05) is 12.1 Å². The van der Waals surface area contributed by atoms with E-state index in [2.05, 4.69) is 4.90 Å².